The third-order valence-electron chi connectivity index (χ3n) is 2.79. The van der Waals surface area contributed by atoms with E-state index in [-0.39, 0.29) is 5.91 Å². The number of aromatic amines is 2. The van der Waals surface area contributed by atoms with Crippen LogP contribution in [0.1, 0.15) is 19.3 Å². The SMILES string of the molecule is O=C(CCCCBr)Nc1ccc2[nH]c(=O)c(=O)[nH]c2c1. The molecule has 0 radical (unpaired) electrons. The van der Waals surface area contributed by atoms with Crippen molar-refractivity contribution in [2.24, 2.45) is 0 Å². The molecular formula is C13H14BrN3O3. The summed E-state index contributed by atoms with van der Waals surface area (Å²) in [6.07, 6.45) is 2.21. The maximum absolute atomic E-state index is 11.7. The number of fused-ring (bicyclic) bond motifs is 1. The molecule has 0 fully saturated rings. The van der Waals surface area contributed by atoms with Crippen LogP contribution in [0.2, 0.25) is 0 Å². The minimum atomic E-state index is -0.710. The lowest BCUT2D eigenvalue weighted by molar-refractivity contribution is -0.116. The number of amides is 1. The van der Waals surface area contributed by atoms with Crippen molar-refractivity contribution in [2.75, 3.05) is 10.6 Å². The number of H-pyrrole nitrogens is 2. The van der Waals surface area contributed by atoms with Gasteiger partial charge in [0.2, 0.25) is 5.91 Å². The first kappa shape index (κ1) is 14.5. The molecule has 0 spiro atoms. The topological polar surface area (TPSA) is 94.8 Å². The molecule has 0 saturated heterocycles. The molecule has 0 bridgehead atoms. The van der Waals surface area contributed by atoms with E-state index in [0.29, 0.717) is 23.1 Å². The average molecular weight is 340 g/mol. The molecule has 106 valence electrons. The van der Waals surface area contributed by atoms with Crippen LogP contribution in [0, 0.1) is 0 Å². The van der Waals surface area contributed by atoms with Gasteiger partial charge in [-0.05, 0) is 31.0 Å². The highest BCUT2D eigenvalue weighted by Gasteiger charge is 2.04. The zero-order valence-electron chi connectivity index (χ0n) is 10.7. The van der Waals surface area contributed by atoms with Gasteiger partial charge >= 0.3 is 11.1 Å². The minimum Gasteiger partial charge on any atom is -0.326 e. The molecule has 0 aliphatic heterocycles. The van der Waals surface area contributed by atoms with E-state index in [1.54, 1.807) is 18.2 Å². The van der Waals surface area contributed by atoms with Crippen LogP contribution in [-0.2, 0) is 4.79 Å². The number of alkyl halides is 1. The number of hydrogen-bond donors (Lipinski definition) is 3. The van der Waals surface area contributed by atoms with Gasteiger partial charge in [-0.1, -0.05) is 15.9 Å². The van der Waals surface area contributed by atoms with Crippen molar-refractivity contribution >= 4 is 38.6 Å². The smallest absolute Gasteiger partial charge is 0.314 e. The number of hydrogen-bond acceptors (Lipinski definition) is 3. The van der Waals surface area contributed by atoms with Crippen molar-refractivity contribution in [1.29, 1.82) is 0 Å². The van der Waals surface area contributed by atoms with Gasteiger partial charge in [0.1, 0.15) is 0 Å². The summed E-state index contributed by atoms with van der Waals surface area (Å²) >= 11 is 3.31. The first-order valence-electron chi connectivity index (χ1n) is 6.22. The van der Waals surface area contributed by atoms with Gasteiger partial charge in [-0.15, -0.1) is 0 Å². The summed E-state index contributed by atoms with van der Waals surface area (Å²) in [6.45, 7) is 0. The Morgan fingerprint density at radius 3 is 2.50 bits per heavy atom. The molecule has 2 aromatic rings. The second-order valence-electron chi connectivity index (χ2n) is 4.36. The third-order valence-corrected chi connectivity index (χ3v) is 3.35. The molecule has 0 atom stereocenters. The number of nitrogens with one attached hydrogen (secondary N) is 3. The van der Waals surface area contributed by atoms with Crippen LogP contribution in [0.5, 0.6) is 0 Å². The Balaban J connectivity index is 2.15. The number of anilines is 1. The van der Waals surface area contributed by atoms with E-state index in [0.717, 1.165) is 18.2 Å². The van der Waals surface area contributed by atoms with Crippen LogP contribution in [-0.4, -0.2) is 21.2 Å². The summed E-state index contributed by atoms with van der Waals surface area (Å²) in [5.41, 5.74) is 0.186. The number of carbonyl (C=O) groups is 1. The Hall–Kier alpha value is -1.89. The summed E-state index contributed by atoms with van der Waals surface area (Å²) in [5, 5.41) is 3.64. The summed E-state index contributed by atoms with van der Waals surface area (Å²) in [5.74, 6) is -0.0722. The van der Waals surface area contributed by atoms with Crippen LogP contribution in [0.4, 0.5) is 5.69 Å². The van der Waals surface area contributed by atoms with Crippen LogP contribution < -0.4 is 16.4 Å². The Bertz CT molecular complexity index is 735. The molecular weight excluding hydrogens is 326 g/mol. The maximum Gasteiger partial charge on any atom is 0.314 e. The van der Waals surface area contributed by atoms with Crippen LogP contribution >= 0.6 is 15.9 Å². The predicted octanol–water partition coefficient (Wildman–Crippen LogP) is 1.72. The monoisotopic (exact) mass is 339 g/mol. The number of rotatable bonds is 5. The molecule has 1 heterocycles. The van der Waals surface area contributed by atoms with E-state index in [4.69, 9.17) is 0 Å². The van der Waals surface area contributed by atoms with Gasteiger partial charge in [0.15, 0.2) is 0 Å². The second-order valence-corrected chi connectivity index (χ2v) is 5.16. The maximum atomic E-state index is 11.7. The van der Waals surface area contributed by atoms with E-state index in [9.17, 15) is 14.4 Å². The third kappa shape index (κ3) is 3.57. The summed E-state index contributed by atoms with van der Waals surface area (Å²) in [7, 11) is 0. The number of aromatic nitrogens is 2. The fourth-order valence-electron chi connectivity index (χ4n) is 1.80. The second kappa shape index (κ2) is 6.51. The fraction of sp³-hybridized carbons (Fsp3) is 0.308. The molecule has 0 unspecified atom stereocenters. The van der Waals surface area contributed by atoms with Gasteiger partial charge in [0.25, 0.3) is 0 Å². The molecule has 1 aromatic carbocycles. The largest absolute Gasteiger partial charge is 0.326 e. The Morgan fingerprint density at radius 1 is 1.10 bits per heavy atom. The molecule has 6 nitrogen and oxygen atoms in total. The number of halogens is 1. The number of carbonyl (C=O) groups excluding carboxylic acids is 1. The van der Waals surface area contributed by atoms with E-state index < -0.39 is 11.1 Å². The Kier molecular flexibility index (Phi) is 4.73. The summed E-state index contributed by atoms with van der Waals surface area (Å²) in [6, 6.07) is 4.94. The standard InChI is InChI=1S/C13H14BrN3O3/c14-6-2-1-3-11(18)15-8-4-5-9-10(7-8)17-13(20)12(19)16-9/h4-5,7H,1-3,6H2,(H,15,18)(H,16,19)(H,17,20). The molecule has 7 heteroatoms. The van der Waals surface area contributed by atoms with E-state index in [1.165, 1.54) is 0 Å². The van der Waals surface area contributed by atoms with Crippen molar-refractivity contribution in [3.8, 4) is 0 Å². The van der Waals surface area contributed by atoms with E-state index in [2.05, 4.69) is 31.2 Å². The molecule has 0 aliphatic carbocycles. The van der Waals surface area contributed by atoms with Gasteiger partial charge in [-0.25, -0.2) is 0 Å². The lowest BCUT2D eigenvalue weighted by Gasteiger charge is -2.06. The zero-order valence-corrected chi connectivity index (χ0v) is 12.2. The highest BCUT2D eigenvalue weighted by atomic mass is 79.9. The molecule has 0 aliphatic rings. The van der Waals surface area contributed by atoms with E-state index in [1.807, 2.05) is 0 Å². The van der Waals surface area contributed by atoms with Crippen LogP contribution in [0.15, 0.2) is 27.8 Å². The van der Waals surface area contributed by atoms with Crippen molar-refractivity contribution in [3.63, 3.8) is 0 Å². The fourth-order valence-corrected chi connectivity index (χ4v) is 2.19. The van der Waals surface area contributed by atoms with Gasteiger partial charge in [0, 0.05) is 17.4 Å². The Labute approximate surface area is 122 Å². The average Bonchev–Trinajstić information content (AvgIpc) is 2.41. The number of benzene rings is 1. The lowest BCUT2D eigenvalue weighted by atomic mass is 10.2. The molecule has 1 aromatic heterocycles. The normalized spacial score (nSPS) is 10.7. The molecule has 3 N–H and O–H groups in total. The first-order valence-corrected chi connectivity index (χ1v) is 7.34. The predicted molar refractivity (Wildman–Crippen MR) is 81.5 cm³/mol. The van der Waals surface area contributed by atoms with Crippen molar-refractivity contribution in [2.45, 2.75) is 19.3 Å². The minimum absolute atomic E-state index is 0.0722. The van der Waals surface area contributed by atoms with Gasteiger partial charge in [-0.3, -0.25) is 14.4 Å². The van der Waals surface area contributed by atoms with Crippen molar-refractivity contribution in [1.82, 2.24) is 9.97 Å². The molecule has 2 rings (SSSR count). The number of unbranched alkanes of at least 4 members (excludes halogenated alkanes) is 1. The van der Waals surface area contributed by atoms with Gasteiger partial charge in [0.05, 0.1) is 11.0 Å². The van der Waals surface area contributed by atoms with Gasteiger partial charge in [-0.2, -0.15) is 0 Å². The Morgan fingerprint density at radius 2 is 1.80 bits per heavy atom. The van der Waals surface area contributed by atoms with Crippen molar-refractivity contribution < 1.29 is 4.79 Å². The van der Waals surface area contributed by atoms with Crippen LogP contribution in [0.25, 0.3) is 11.0 Å². The molecule has 1 amide bonds. The quantitative estimate of drug-likeness (QED) is 0.439. The van der Waals surface area contributed by atoms with Crippen LogP contribution in [0.3, 0.4) is 0 Å². The highest BCUT2D eigenvalue weighted by Crippen LogP contribution is 2.14. The first-order chi connectivity index (χ1) is 9.60. The zero-order chi connectivity index (χ0) is 14.5. The summed E-state index contributed by atoms with van der Waals surface area (Å²) < 4.78 is 0. The molecule has 20 heavy (non-hydrogen) atoms. The summed E-state index contributed by atoms with van der Waals surface area (Å²) in [4.78, 5) is 39.0. The highest BCUT2D eigenvalue weighted by molar-refractivity contribution is 9.09. The lowest BCUT2D eigenvalue weighted by Crippen LogP contribution is -2.28. The molecule has 0 saturated carbocycles. The van der Waals surface area contributed by atoms with E-state index >= 15 is 0 Å². The van der Waals surface area contributed by atoms with Gasteiger partial charge < -0.3 is 15.3 Å². The van der Waals surface area contributed by atoms with Crippen molar-refractivity contribution in [3.05, 3.63) is 38.9 Å².